The van der Waals surface area contributed by atoms with Crippen molar-refractivity contribution in [3.8, 4) is 0 Å². The van der Waals surface area contributed by atoms with Crippen molar-refractivity contribution in [1.29, 1.82) is 0 Å². The van der Waals surface area contributed by atoms with Gasteiger partial charge in [-0.25, -0.2) is 0 Å². The van der Waals surface area contributed by atoms with E-state index in [0.717, 1.165) is 0 Å². The maximum Gasteiger partial charge on any atom is 0.0332 e. The van der Waals surface area contributed by atoms with E-state index in [0.29, 0.717) is 10.7 Å². The highest BCUT2D eigenvalue weighted by Crippen LogP contribution is 2.46. The summed E-state index contributed by atoms with van der Waals surface area (Å²) in [5.41, 5.74) is 1.82. The van der Waals surface area contributed by atoms with E-state index in [1.54, 1.807) is 0 Å². The number of hydrogen-bond donors (Lipinski definition) is 0. The van der Waals surface area contributed by atoms with Crippen molar-refractivity contribution in [2.24, 2.45) is 5.41 Å². The molecule has 0 bridgehead atoms. The summed E-state index contributed by atoms with van der Waals surface area (Å²) in [4.78, 5) is 1.45. The Hall–Kier alpha value is -0.430. The zero-order chi connectivity index (χ0) is 8.77. The zero-order valence-corrected chi connectivity index (χ0v) is 8.61. The molecular weight excluding hydrogens is 164 g/mol. The molecule has 0 aromatic heterocycles. The van der Waals surface area contributed by atoms with Gasteiger partial charge >= 0.3 is 0 Å². The smallest absolute Gasteiger partial charge is 0.0332 e. The summed E-state index contributed by atoms with van der Waals surface area (Å²) < 4.78 is 0. The Kier molecular flexibility index (Phi) is 1.72. The molecule has 1 aliphatic heterocycles. The van der Waals surface area contributed by atoms with E-state index in [-0.39, 0.29) is 0 Å². The monoisotopic (exact) mass is 178 g/mol. The molecule has 1 atom stereocenters. The van der Waals surface area contributed by atoms with Crippen molar-refractivity contribution in [3.63, 3.8) is 0 Å². The van der Waals surface area contributed by atoms with E-state index in [1.807, 2.05) is 11.8 Å². The molecule has 0 saturated heterocycles. The molecular formula is C11H14S. The second-order valence-corrected chi connectivity index (χ2v) is 5.60. The standard InChI is InChI=1S/C11H14S/c1-11(2,3)10-7-8-5-4-6-9(8)12-10/h4-7,10H,1-3H3. The van der Waals surface area contributed by atoms with Crippen LogP contribution in [0.2, 0.25) is 0 Å². The largest absolute Gasteiger partial charge is 0.117 e. The quantitative estimate of drug-likeness (QED) is 0.547. The highest BCUT2D eigenvalue weighted by Gasteiger charge is 2.30. The Bertz CT molecular complexity index is 287. The summed E-state index contributed by atoms with van der Waals surface area (Å²) >= 11 is 1.99. The van der Waals surface area contributed by atoms with Gasteiger partial charge in [-0.15, -0.1) is 11.8 Å². The van der Waals surface area contributed by atoms with Crippen molar-refractivity contribution in [1.82, 2.24) is 0 Å². The van der Waals surface area contributed by atoms with E-state index in [9.17, 15) is 0 Å². The SMILES string of the molecule is CC(C)(C)C1C=C2C=CC=C2S1. The summed E-state index contributed by atoms with van der Waals surface area (Å²) in [7, 11) is 0. The van der Waals surface area contributed by atoms with Gasteiger partial charge in [0.05, 0.1) is 0 Å². The minimum atomic E-state index is 0.386. The van der Waals surface area contributed by atoms with Crippen LogP contribution in [0.25, 0.3) is 0 Å². The molecule has 1 unspecified atom stereocenters. The van der Waals surface area contributed by atoms with E-state index in [4.69, 9.17) is 0 Å². The Morgan fingerprint density at radius 3 is 2.67 bits per heavy atom. The van der Waals surface area contributed by atoms with Crippen molar-refractivity contribution in [2.75, 3.05) is 0 Å². The summed E-state index contributed by atoms with van der Waals surface area (Å²) in [5, 5.41) is 0.656. The van der Waals surface area contributed by atoms with Crippen molar-refractivity contribution >= 4 is 11.8 Å². The second kappa shape index (κ2) is 2.53. The van der Waals surface area contributed by atoms with Crippen molar-refractivity contribution < 1.29 is 0 Å². The predicted molar refractivity (Wildman–Crippen MR) is 56.1 cm³/mol. The van der Waals surface area contributed by atoms with E-state index < -0.39 is 0 Å². The van der Waals surface area contributed by atoms with Gasteiger partial charge in [0.15, 0.2) is 0 Å². The minimum Gasteiger partial charge on any atom is -0.117 e. The van der Waals surface area contributed by atoms with E-state index in [2.05, 4.69) is 45.1 Å². The van der Waals surface area contributed by atoms with Crippen LogP contribution in [0.5, 0.6) is 0 Å². The summed E-state index contributed by atoms with van der Waals surface area (Å²) in [6.45, 7) is 6.90. The Balaban J connectivity index is 2.24. The van der Waals surface area contributed by atoms with E-state index >= 15 is 0 Å². The fraction of sp³-hybridized carbons (Fsp3) is 0.455. The van der Waals surface area contributed by atoms with Gasteiger partial charge in [0.1, 0.15) is 0 Å². The van der Waals surface area contributed by atoms with Gasteiger partial charge in [-0.1, -0.05) is 39.0 Å². The molecule has 2 aliphatic rings. The lowest BCUT2D eigenvalue weighted by atomic mass is 9.91. The predicted octanol–water partition coefficient (Wildman–Crippen LogP) is 3.53. The first-order valence-electron chi connectivity index (χ1n) is 4.34. The summed E-state index contributed by atoms with van der Waals surface area (Å²) in [6.07, 6.45) is 8.93. The maximum absolute atomic E-state index is 2.39. The number of hydrogen-bond acceptors (Lipinski definition) is 1. The topological polar surface area (TPSA) is 0 Å². The molecule has 0 nitrogen and oxygen atoms in total. The van der Waals surface area contributed by atoms with Gasteiger partial charge in [0.2, 0.25) is 0 Å². The molecule has 0 amide bonds. The third kappa shape index (κ3) is 1.27. The highest BCUT2D eigenvalue weighted by atomic mass is 32.2. The third-order valence-electron chi connectivity index (χ3n) is 2.25. The van der Waals surface area contributed by atoms with Crippen LogP contribution in [0.3, 0.4) is 0 Å². The molecule has 0 radical (unpaired) electrons. The highest BCUT2D eigenvalue weighted by molar-refractivity contribution is 8.04. The lowest BCUT2D eigenvalue weighted by Gasteiger charge is -2.24. The zero-order valence-electron chi connectivity index (χ0n) is 7.79. The van der Waals surface area contributed by atoms with Gasteiger partial charge < -0.3 is 0 Å². The van der Waals surface area contributed by atoms with Crippen LogP contribution in [0.15, 0.2) is 34.8 Å². The maximum atomic E-state index is 2.39. The molecule has 0 aromatic rings. The Labute approximate surface area is 78.4 Å². The molecule has 0 N–H and O–H groups in total. The van der Waals surface area contributed by atoms with Gasteiger partial charge in [-0.2, -0.15) is 0 Å². The van der Waals surface area contributed by atoms with Crippen LogP contribution >= 0.6 is 11.8 Å². The molecule has 2 rings (SSSR count). The van der Waals surface area contributed by atoms with Crippen LogP contribution in [0, 0.1) is 5.41 Å². The number of allylic oxidation sites excluding steroid dienone is 4. The van der Waals surface area contributed by atoms with Gasteiger partial charge in [-0.05, 0) is 17.1 Å². The van der Waals surface area contributed by atoms with Crippen LogP contribution in [0.1, 0.15) is 20.8 Å². The first kappa shape index (κ1) is 8.18. The van der Waals surface area contributed by atoms with Crippen molar-refractivity contribution in [3.05, 3.63) is 34.8 Å². The molecule has 1 heteroatoms. The molecule has 1 aliphatic carbocycles. The fourth-order valence-electron chi connectivity index (χ4n) is 1.42. The lowest BCUT2D eigenvalue weighted by Crippen LogP contribution is -2.18. The first-order valence-corrected chi connectivity index (χ1v) is 5.22. The van der Waals surface area contributed by atoms with Gasteiger partial charge in [0, 0.05) is 10.2 Å². The van der Waals surface area contributed by atoms with Crippen LogP contribution in [0.4, 0.5) is 0 Å². The average molecular weight is 178 g/mol. The Morgan fingerprint density at radius 1 is 1.33 bits per heavy atom. The molecule has 0 aromatic carbocycles. The Morgan fingerprint density at radius 2 is 2.08 bits per heavy atom. The van der Waals surface area contributed by atoms with Crippen LogP contribution < -0.4 is 0 Å². The lowest BCUT2D eigenvalue weighted by molar-refractivity contribution is 0.434. The number of fused-ring (bicyclic) bond motifs is 1. The summed E-state index contributed by atoms with van der Waals surface area (Å²) in [5.74, 6) is 0. The van der Waals surface area contributed by atoms with Gasteiger partial charge in [-0.3, -0.25) is 0 Å². The molecule has 0 fully saturated rings. The van der Waals surface area contributed by atoms with Crippen LogP contribution in [-0.2, 0) is 0 Å². The molecule has 64 valence electrons. The number of rotatable bonds is 0. The molecule has 1 heterocycles. The number of thioether (sulfide) groups is 1. The molecule has 0 saturated carbocycles. The molecule has 12 heavy (non-hydrogen) atoms. The first-order chi connectivity index (χ1) is 5.57. The fourth-order valence-corrected chi connectivity index (χ4v) is 2.69. The molecule has 0 spiro atoms. The van der Waals surface area contributed by atoms with Gasteiger partial charge in [0.25, 0.3) is 0 Å². The minimum absolute atomic E-state index is 0.386. The average Bonchev–Trinajstić information content (AvgIpc) is 2.37. The second-order valence-electron chi connectivity index (χ2n) is 4.42. The third-order valence-corrected chi connectivity index (χ3v) is 3.97. The summed E-state index contributed by atoms with van der Waals surface area (Å²) in [6, 6.07) is 0. The normalized spacial score (nSPS) is 27.1. The van der Waals surface area contributed by atoms with Crippen LogP contribution in [-0.4, -0.2) is 5.25 Å². The van der Waals surface area contributed by atoms with Crippen molar-refractivity contribution in [2.45, 2.75) is 26.0 Å². The van der Waals surface area contributed by atoms with E-state index in [1.165, 1.54) is 10.5 Å².